The first-order chi connectivity index (χ1) is 41.1. The van der Waals surface area contributed by atoms with E-state index in [0.29, 0.717) is 118 Å². The van der Waals surface area contributed by atoms with Crippen LogP contribution in [0.15, 0.2) is 106 Å². The van der Waals surface area contributed by atoms with Crippen molar-refractivity contribution >= 4 is 92.8 Å². The van der Waals surface area contributed by atoms with Crippen LogP contribution in [0.2, 0.25) is 15.1 Å². The van der Waals surface area contributed by atoms with Gasteiger partial charge in [-0.1, -0.05) is 46.9 Å². The van der Waals surface area contributed by atoms with Crippen molar-refractivity contribution in [2.45, 2.75) is 76.7 Å². The van der Waals surface area contributed by atoms with E-state index in [1.165, 1.54) is 23.1 Å². The molecule has 7 heterocycles. The maximum Gasteiger partial charge on any atom is 0.494 e. The molecule has 2 amide bonds. The minimum Gasteiger partial charge on any atom is -0.496 e. The number of halogens is 3. The summed E-state index contributed by atoms with van der Waals surface area (Å²) in [5.41, 5.74) is 8.80. The van der Waals surface area contributed by atoms with Gasteiger partial charge in [-0.3, -0.25) is 19.6 Å². The third-order valence-corrected chi connectivity index (χ3v) is 16.5. The molecule has 3 aliphatic heterocycles. The number of aromatic nitrogens is 2. The van der Waals surface area contributed by atoms with E-state index in [1.807, 2.05) is 70.2 Å². The zero-order valence-corrected chi connectivity index (χ0v) is 51.8. The molecule has 0 radical (unpaired) electrons. The second kappa shape index (κ2) is 26.8. The van der Waals surface area contributed by atoms with Crippen molar-refractivity contribution in [2.24, 2.45) is 0 Å². The normalized spacial score (nSPS) is 15.5. The number of nitrogens with one attached hydrogen (secondary N) is 2. The highest BCUT2D eigenvalue weighted by atomic mass is 35.5. The molecule has 86 heavy (non-hydrogen) atoms. The zero-order chi connectivity index (χ0) is 61.6. The summed E-state index contributed by atoms with van der Waals surface area (Å²) in [7, 11) is 9.42. The van der Waals surface area contributed by atoms with Crippen LogP contribution in [-0.2, 0) is 18.8 Å². The van der Waals surface area contributed by atoms with Gasteiger partial charge in [0.1, 0.15) is 51.2 Å². The lowest BCUT2D eigenvalue weighted by atomic mass is 9.78. The largest absolute Gasteiger partial charge is 0.496 e. The predicted molar refractivity (Wildman–Crippen MR) is 335 cm³/mol. The number of nitrogens with zero attached hydrogens (tertiary/aromatic N) is 6. The number of methoxy groups -OCH3 is 2. The summed E-state index contributed by atoms with van der Waals surface area (Å²) in [6.07, 6.45) is 6.77. The molecule has 4 aromatic heterocycles. The van der Waals surface area contributed by atoms with Crippen LogP contribution in [0.4, 0.5) is 11.4 Å². The Bertz CT molecular complexity index is 3880. The first-order valence-corrected chi connectivity index (χ1v) is 29.0. The molecule has 22 heteroatoms. The van der Waals surface area contributed by atoms with Crippen LogP contribution < -0.4 is 25.6 Å². The predicted octanol–water partition coefficient (Wildman–Crippen LogP) is 12.9. The average molecular weight is 1220 g/mol. The van der Waals surface area contributed by atoms with Gasteiger partial charge in [-0.25, -0.2) is 0 Å². The second-order valence-electron chi connectivity index (χ2n) is 22.2. The molecule has 0 saturated carbocycles. The lowest BCUT2D eigenvalue weighted by Crippen LogP contribution is -2.41. The second-order valence-corrected chi connectivity index (χ2v) is 23.4. The average Bonchev–Trinajstić information content (AvgIpc) is 1.85. The summed E-state index contributed by atoms with van der Waals surface area (Å²) in [6.45, 7) is 11.1. The molecule has 3 fully saturated rings. The van der Waals surface area contributed by atoms with Crippen molar-refractivity contribution in [1.82, 2.24) is 19.8 Å². The molecular formula is C64H66BCl3N8O10. The Morgan fingerprint density at radius 2 is 1.07 bits per heavy atom. The van der Waals surface area contributed by atoms with Crippen molar-refractivity contribution < 1.29 is 46.7 Å². The topological polar surface area (TPSA) is 220 Å². The monoisotopic (exact) mass is 1220 g/mol. The fraction of sp³-hybridized carbons (Fsp3) is 0.344. The Kier molecular flexibility index (Phi) is 19.6. The van der Waals surface area contributed by atoms with E-state index in [1.54, 1.807) is 84.0 Å². The van der Waals surface area contributed by atoms with Gasteiger partial charge >= 0.3 is 7.12 Å². The summed E-state index contributed by atoms with van der Waals surface area (Å²) >= 11 is 18.7. The Balaban J connectivity index is 0.000000161. The van der Waals surface area contributed by atoms with E-state index in [0.717, 1.165) is 61.3 Å². The molecule has 0 aliphatic carbocycles. The standard InChI is InChI=1S/C29H27ClN4O4.C18H25BN2O3.C17H14Cl2N2O3/c1-34(2)29(35)18-4-6-21(25(13-18)36-3)26-14-24-28(38-26)27(22(30)16-32-24)17-5-7-23(19(12-17)15-31)33-20-8-10-37-11-9-20;1-17(2)18(3,4)24-19(23-17)14-5-6-16(13(11-14)12-20)21-15-7-9-22-10-8-15;1-21(2)17(22)9-4-5-10(13(6-9)23-3)14-7-12-16(24-14)15(19)11(18)8-20-12/h4-7,12-14,16,20,33H,8-11H2,1-3H3;5-6,11,15,21H,7-10H2,1-4H3;4-8H,1-3H3. The number of benzene rings is 4. The van der Waals surface area contributed by atoms with Gasteiger partial charge < -0.3 is 57.5 Å². The summed E-state index contributed by atoms with van der Waals surface area (Å²) < 4.78 is 46.1. The van der Waals surface area contributed by atoms with E-state index in [-0.39, 0.29) is 29.1 Å². The van der Waals surface area contributed by atoms with Gasteiger partial charge in [0.05, 0.1) is 69.1 Å². The van der Waals surface area contributed by atoms with Gasteiger partial charge in [-0.2, -0.15) is 10.5 Å². The minimum absolute atomic E-state index is 0.110. The quantitative estimate of drug-likeness (QED) is 0.109. The number of ether oxygens (including phenoxy) is 4. The number of carbonyl (C=O) groups is 2. The SMILES string of the molecule is CC1(C)OB(c2ccc(NC3CCOCC3)c(C#N)c2)OC1(C)C.COc1cc(C(=O)N(C)C)ccc1-c1cc2ncc(Cl)c(-c3ccc(NC4CCOCC4)c(C#N)c3)c2o1.COc1cc(C(=O)N(C)C)ccc1-c1cc2ncc(Cl)c(Cl)c2o1. The number of anilines is 2. The Hall–Kier alpha value is -7.85. The van der Waals surface area contributed by atoms with E-state index < -0.39 is 7.12 Å². The number of furan rings is 2. The Morgan fingerprint density at radius 1 is 0.616 bits per heavy atom. The van der Waals surface area contributed by atoms with Crippen molar-refractivity contribution in [1.29, 1.82) is 10.5 Å². The van der Waals surface area contributed by atoms with E-state index >= 15 is 0 Å². The number of rotatable bonds is 12. The fourth-order valence-electron chi connectivity index (χ4n) is 9.94. The highest BCUT2D eigenvalue weighted by molar-refractivity contribution is 6.62. The van der Waals surface area contributed by atoms with Gasteiger partial charge in [-0.15, -0.1) is 0 Å². The molecule has 18 nitrogen and oxygen atoms in total. The molecule has 8 aromatic rings. The van der Waals surface area contributed by atoms with Crippen LogP contribution in [0, 0.1) is 22.7 Å². The first kappa shape index (κ1) is 62.7. The molecule has 0 spiro atoms. The van der Waals surface area contributed by atoms with Gasteiger partial charge in [0.2, 0.25) is 0 Å². The van der Waals surface area contributed by atoms with Crippen molar-refractivity contribution in [2.75, 3.05) is 79.5 Å². The molecule has 2 N–H and O–H groups in total. The van der Waals surface area contributed by atoms with Crippen molar-refractivity contribution in [3.8, 4) is 57.4 Å². The molecular weight excluding hydrogens is 1160 g/mol. The van der Waals surface area contributed by atoms with E-state index in [2.05, 4.69) is 32.7 Å². The third kappa shape index (κ3) is 13.7. The maximum absolute atomic E-state index is 12.4. The first-order valence-electron chi connectivity index (χ1n) is 27.9. The number of amides is 2. The number of hydrogen-bond donors (Lipinski definition) is 2. The molecule has 4 aromatic carbocycles. The Labute approximate surface area is 515 Å². The summed E-state index contributed by atoms with van der Waals surface area (Å²) in [5.74, 6) is 1.83. The number of pyridine rings is 2. The fourth-order valence-corrected chi connectivity index (χ4v) is 10.5. The third-order valence-electron chi connectivity index (χ3n) is 15.5. The molecule has 3 aliphatic rings. The number of fused-ring (bicyclic) bond motifs is 2. The van der Waals surface area contributed by atoms with Crippen LogP contribution in [0.3, 0.4) is 0 Å². The number of hydrogen-bond acceptors (Lipinski definition) is 16. The van der Waals surface area contributed by atoms with E-state index in [4.69, 9.17) is 71.9 Å². The smallest absolute Gasteiger partial charge is 0.494 e. The number of nitriles is 2. The maximum atomic E-state index is 12.4. The van der Waals surface area contributed by atoms with Gasteiger partial charge in [0.15, 0.2) is 11.2 Å². The highest BCUT2D eigenvalue weighted by Crippen LogP contribution is 2.43. The molecule has 0 unspecified atom stereocenters. The van der Waals surface area contributed by atoms with Crippen LogP contribution >= 0.6 is 34.8 Å². The lowest BCUT2D eigenvalue weighted by molar-refractivity contribution is 0.00578. The van der Waals surface area contributed by atoms with Crippen molar-refractivity contribution in [3.63, 3.8) is 0 Å². The van der Waals surface area contributed by atoms with Gasteiger partial charge in [0.25, 0.3) is 11.8 Å². The summed E-state index contributed by atoms with van der Waals surface area (Å²) in [6, 6.07) is 30.6. The summed E-state index contributed by atoms with van der Waals surface area (Å²) in [4.78, 5) is 36.2. The Morgan fingerprint density at radius 3 is 1.55 bits per heavy atom. The van der Waals surface area contributed by atoms with Gasteiger partial charge in [-0.05, 0) is 125 Å². The highest BCUT2D eigenvalue weighted by Gasteiger charge is 2.51. The molecule has 11 rings (SSSR count). The van der Waals surface area contributed by atoms with Crippen molar-refractivity contribution in [3.05, 3.63) is 135 Å². The molecule has 446 valence electrons. The van der Waals surface area contributed by atoms with Gasteiger partial charge in [0, 0.05) is 108 Å². The van der Waals surface area contributed by atoms with Crippen LogP contribution in [0.1, 0.15) is 85.2 Å². The van der Waals surface area contributed by atoms with Crippen LogP contribution in [0.25, 0.3) is 56.0 Å². The molecule has 3 saturated heterocycles. The number of carbonyl (C=O) groups excluding carboxylic acids is 2. The molecule has 0 bridgehead atoms. The zero-order valence-electron chi connectivity index (χ0n) is 49.5. The minimum atomic E-state index is -0.445. The molecule has 0 atom stereocenters. The van der Waals surface area contributed by atoms with Crippen LogP contribution in [-0.4, -0.2) is 131 Å². The lowest BCUT2D eigenvalue weighted by Gasteiger charge is -2.32. The summed E-state index contributed by atoms with van der Waals surface area (Å²) in [5, 5.41) is 27.4. The van der Waals surface area contributed by atoms with E-state index in [9.17, 15) is 20.1 Å². The van der Waals surface area contributed by atoms with Crippen LogP contribution in [0.5, 0.6) is 11.5 Å².